The van der Waals surface area contributed by atoms with Crippen LogP contribution < -0.4 is 10.2 Å². The van der Waals surface area contributed by atoms with Crippen LogP contribution in [0.5, 0.6) is 0 Å². The second-order valence-electron chi connectivity index (χ2n) is 4.45. The number of carbonyl (C=O) groups excluding carboxylic acids is 1. The quantitative estimate of drug-likeness (QED) is 0.820. The fraction of sp³-hybridized carbons (Fsp3) is 0.462. The number of amides is 1. The van der Waals surface area contributed by atoms with E-state index in [2.05, 4.69) is 5.32 Å². The first-order chi connectivity index (χ1) is 8.20. The van der Waals surface area contributed by atoms with Gasteiger partial charge in [-0.15, -0.1) is 0 Å². The van der Waals surface area contributed by atoms with Crippen molar-refractivity contribution < 1.29 is 4.79 Å². The molecule has 0 aromatic heterocycles. The number of piperazine rings is 1. The van der Waals surface area contributed by atoms with E-state index >= 15 is 0 Å². The number of carbonyl (C=O) groups is 1. The third-order valence-electron chi connectivity index (χ3n) is 3.02. The van der Waals surface area contributed by atoms with Crippen molar-refractivity contribution in [1.82, 2.24) is 10.2 Å². The summed E-state index contributed by atoms with van der Waals surface area (Å²) in [6.07, 6.45) is 0. The van der Waals surface area contributed by atoms with Crippen LogP contribution in [0.2, 0.25) is 0 Å². The number of para-hydroxylation sites is 1. The molecule has 0 aliphatic carbocycles. The molecule has 1 aromatic rings. The summed E-state index contributed by atoms with van der Waals surface area (Å²) in [6.45, 7) is 3.35. The molecule has 1 aromatic carbocycles. The molecule has 1 N–H and O–H groups in total. The highest BCUT2D eigenvalue weighted by molar-refractivity contribution is 5.99. The highest BCUT2D eigenvalue weighted by Crippen LogP contribution is 2.19. The molecule has 4 nitrogen and oxygen atoms in total. The van der Waals surface area contributed by atoms with Gasteiger partial charge in [0.25, 0.3) is 5.91 Å². The Morgan fingerprint density at radius 2 is 1.88 bits per heavy atom. The topological polar surface area (TPSA) is 35.6 Å². The lowest BCUT2D eigenvalue weighted by Crippen LogP contribution is -2.46. The molecule has 17 heavy (non-hydrogen) atoms. The summed E-state index contributed by atoms with van der Waals surface area (Å²) < 4.78 is 0. The van der Waals surface area contributed by atoms with Crippen LogP contribution in [0.4, 0.5) is 5.69 Å². The van der Waals surface area contributed by atoms with Crippen molar-refractivity contribution in [2.24, 2.45) is 0 Å². The molecule has 1 heterocycles. The summed E-state index contributed by atoms with van der Waals surface area (Å²) in [5, 5.41) is 3.25. The van der Waals surface area contributed by atoms with Crippen molar-refractivity contribution in [3.8, 4) is 0 Å². The molecule has 92 valence electrons. The van der Waals surface area contributed by atoms with Crippen LogP contribution in [0.3, 0.4) is 0 Å². The van der Waals surface area contributed by atoms with Crippen LogP contribution in [-0.2, 0) is 0 Å². The smallest absolute Gasteiger partial charge is 0.256 e. The van der Waals surface area contributed by atoms with Crippen LogP contribution in [-0.4, -0.2) is 51.1 Å². The van der Waals surface area contributed by atoms with Gasteiger partial charge in [-0.3, -0.25) is 4.79 Å². The Kier molecular flexibility index (Phi) is 3.64. The van der Waals surface area contributed by atoms with Gasteiger partial charge in [0, 0.05) is 46.0 Å². The molecule has 0 unspecified atom stereocenters. The van der Waals surface area contributed by atoms with E-state index in [1.807, 2.05) is 48.2 Å². The zero-order chi connectivity index (χ0) is 12.3. The highest BCUT2D eigenvalue weighted by Gasteiger charge is 2.20. The number of nitrogens with zero attached hydrogens (tertiary/aromatic N) is 2. The zero-order valence-electron chi connectivity index (χ0n) is 10.4. The number of hydrogen-bond acceptors (Lipinski definition) is 3. The minimum absolute atomic E-state index is 0.135. The van der Waals surface area contributed by atoms with Gasteiger partial charge in [-0.05, 0) is 12.1 Å². The van der Waals surface area contributed by atoms with Gasteiger partial charge < -0.3 is 15.1 Å². The van der Waals surface area contributed by atoms with Crippen LogP contribution >= 0.6 is 0 Å². The summed E-state index contributed by atoms with van der Waals surface area (Å²) in [7, 11) is 3.92. The van der Waals surface area contributed by atoms with Crippen molar-refractivity contribution in [3.05, 3.63) is 29.8 Å². The molecular weight excluding hydrogens is 214 g/mol. The van der Waals surface area contributed by atoms with Crippen LogP contribution in [0.1, 0.15) is 10.4 Å². The average Bonchev–Trinajstić information content (AvgIpc) is 2.39. The largest absolute Gasteiger partial charge is 0.377 e. The highest BCUT2D eigenvalue weighted by atomic mass is 16.2. The Hall–Kier alpha value is -1.55. The molecule has 0 atom stereocenters. The summed E-state index contributed by atoms with van der Waals surface area (Å²) in [4.78, 5) is 16.3. The zero-order valence-corrected chi connectivity index (χ0v) is 10.4. The summed E-state index contributed by atoms with van der Waals surface area (Å²) in [6, 6.07) is 7.77. The SMILES string of the molecule is CN(C)c1ccccc1C(=O)N1CCNCC1. The molecule has 1 aliphatic rings. The van der Waals surface area contributed by atoms with Crippen molar-refractivity contribution >= 4 is 11.6 Å². The van der Waals surface area contributed by atoms with E-state index in [9.17, 15) is 4.79 Å². The lowest BCUT2D eigenvalue weighted by molar-refractivity contribution is 0.0736. The maximum absolute atomic E-state index is 12.4. The predicted octanol–water partition coefficient (Wildman–Crippen LogP) is 0.798. The minimum atomic E-state index is 0.135. The van der Waals surface area contributed by atoms with Crippen LogP contribution in [0.25, 0.3) is 0 Å². The first kappa shape index (κ1) is 11.9. The second kappa shape index (κ2) is 5.19. The van der Waals surface area contributed by atoms with Crippen molar-refractivity contribution in [2.45, 2.75) is 0 Å². The molecule has 0 spiro atoms. The van der Waals surface area contributed by atoms with Gasteiger partial charge >= 0.3 is 0 Å². The molecular formula is C13H19N3O. The molecule has 1 aliphatic heterocycles. The van der Waals surface area contributed by atoms with Crippen molar-refractivity contribution in [1.29, 1.82) is 0 Å². The van der Waals surface area contributed by atoms with Gasteiger partial charge in [-0.25, -0.2) is 0 Å². The van der Waals surface area contributed by atoms with Gasteiger partial charge in [0.05, 0.1) is 5.56 Å². The van der Waals surface area contributed by atoms with E-state index in [1.54, 1.807) is 0 Å². The third kappa shape index (κ3) is 2.58. The van der Waals surface area contributed by atoms with E-state index in [-0.39, 0.29) is 5.91 Å². The number of benzene rings is 1. The predicted molar refractivity (Wildman–Crippen MR) is 69.5 cm³/mol. The van der Waals surface area contributed by atoms with Gasteiger partial charge in [-0.1, -0.05) is 12.1 Å². The molecule has 4 heteroatoms. The molecule has 1 saturated heterocycles. The fourth-order valence-electron chi connectivity index (χ4n) is 2.08. The lowest BCUT2D eigenvalue weighted by atomic mass is 10.1. The normalized spacial score (nSPS) is 15.8. The fourth-order valence-corrected chi connectivity index (χ4v) is 2.08. The van der Waals surface area contributed by atoms with E-state index < -0.39 is 0 Å². The Morgan fingerprint density at radius 1 is 1.24 bits per heavy atom. The maximum Gasteiger partial charge on any atom is 0.256 e. The van der Waals surface area contributed by atoms with Gasteiger partial charge in [0.2, 0.25) is 0 Å². The third-order valence-corrected chi connectivity index (χ3v) is 3.02. The Labute approximate surface area is 102 Å². The second-order valence-corrected chi connectivity index (χ2v) is 4.45. The number of rotatable bonds is 2. The Bertz CT molecular complexity index is 397. The Morgan fingerprint density at radius 3 is 2.53 bits per heavy atom. The van der Waals surface area contributed by atoms with Crippen LogP contribution in [0, 0.1) is 0 Å². The number of nitrogens with one attached hydrogen (secondary N) is 1. The summed E-state index contributed by atoms with van der Waals surface area (Å²) in [5.41, 5.74) is 1.77. The number of hydrogen-bond donors (Lipinski definition) is 1. The molecule has 1 fully saturated rings. The Balaban J connectivity index is 2.23. The van der Waals surface area contributed by atoms with Crippen LogP contribution in [0.15, 0.2) is 24.3 Å². The summed E-state index contributed by atoms with van der Waals surface area (Å²) >= 11 is 0. The first-order valence-electron chi connectivity index (χ1n) is 5.96. The maximum atomic E-state index is 12.4. The van der Waals surface area contributed by atoms with Crippen molar-refractivity contribution in [2.75, 3.05) is 45.2 Å². The first-order valence-corrected chi connectivity index (χ1v) is 5.96. The van der Waals surface area contributed by atoms with Crippen molar-refractivity contribution in [3.63, 3.8) is 0 Å². The lowest BCUT2D eigenvalue weighted by Gasteiger charge is -2.29. The summed E-state index contributed by atoms with van der Waals surface area (Å²) in [5.74, 6) is 0.135. The van der Waals surface area contributed by atoms with E-state index in [1.165, 1.54) is 0 Å². The monoisotopic (exact) mass is 233 g/mol. The van der Waals surface area contributed by atoms with E-state index in [4.69, 9.17) is 0 Å². The molecule has 0 saturated carbocycles. The average molecular weight is 233 g/mol. The van der Waals surface area contributed by atoms with E-state index in [0.29, 0.717) is 0 Å². The van der Waals surface area contributed by atoms with Gasteiger partial charge in [-0.2, -0.15) is 0 Å². The van der Waals surface area contributed by atoms with Gasteiger partial charge in [0.15, 0.2) is 0 Å². The van der Waals surface area contributed by atoms with E-state index in [0.717, 1.165) is 37.4 Å². The molecule has 1 amide bonds. The number of anilines is 1. The molecule has 2 rings (SSSR count). The molecule has 0 bridgehead atoms. The minimum Gasteiger partial charge on any atom is -0.377 e. The standard InChI is InChI=1S/C13H19N3O/c1-15(2)12-6-4-3-5-11(12)13(17)16-9-7-14-8-10-16/h3-6,14H,7-10H2,1-2H3. The van der Waals surface area contributed by atoms with Gasteiger partial charge in [0.1, 0.15) is 0 Å². The molecule has 0 radical (unpaired) electrons.